The molecule has 0 radical (unpaired) electrons. The second-order valence-corrected chi connectivity index (χ2v) is 3.73. The first kappa shape index (κ1) is 12.0. The Morgan fingerprint density at radius 2 is 1.83 bits per heavy atom. The van der Waals surface area contributed by atoms with Crippen LogP contribution in [0.4, 0.5) is 5.69 Å². The van der Waals surface area contributed by atoms with Gasteiger partial charge in [-0.1, -0.05) is 12.1 Å². The van der Waals surface area contributed by atoms with Gasteiger partial charge >= 0.3 is 5.97 Å². The highest BCUT2D eigenvalue weighted by Gasteiger charge is 2.16. The van der Waals surface area contributed by atoms with E-state index < -0.39 is 5.97 Å². The van der Waals surface area contributed by atoms with Gasteiger partial charge in [-0.3, -0.25) is 0 Å². The van der Waals surface area contributed by atoms with Gasteiger partial charge in [0.2, 0.25) is 0 Å². The van der Waals surface area contributed by atoms with Crippen molar-refractivity contribution in [3.05, 3.63) is 29.8 Å². The topological polar surface area (TPSA) is 81.8 Å². The Balaban J connectivity index is 2.88. The van der Waals surface area contributed by atoms with Crippen molar-refractivity contribution in [3.63, 3.8) is 0 Å². The predicted octanol–water partition coefficient (Wildman–Crippen LogP) is 2.14. The number of nitrogens with two attached hydrogens (primary N) is 1. The number of carboxylic acids is 1. The molecule has 0 aliphatic heterocycles. The number of nitrogen functional groups attached to an aromatic ring is 1. The van der Waals surface area contributed by atoms with E-state index in [0.29, 0.717) is 16.9 Å². The van der Waals surface area contributed by atoms with Gasteiger partial charge in [0.05, 0.1) is 30.9 Å². The van der Waals surface area contributed by atoms with E-state index in [1.54, 1.807) is 18.2 Å². The molecule has 2 rings (SSSR count). The minimum absolute atomic E-state index is 0.0500. The van der Waals surface area contributed by atoms with Crippen LogP contribution in [-0.2, 0) is 0 Å². The lowest BCUT2D eigenvalue weighted by Crippen LogP contribution is -2.04. The van der Waals surface area contributed by atoms with Crippen molar-refractivity contribution in [2.24, 2.45) is 0 Å². The summed E-state index contributed by atoms with van der Waals surface area (Å²) in [6, 6.07) is 6.72. The minimum atomic E-state index is -1.07. The zero-order chi connectivity index (χ0) is 13.3. The summed E-state index contributed by atoms with van der Waals surface area (Å²) in [6.07, 6.45) is 0. The Morgan fingerprint density at radius 1 is 1.17 bits per heavy atom. The van der Waals surface area contributed by atoms with Crippen LogP contribution in [0.25, 0.3) is 10.8 Å². The highest BCUT2D eigenvalue weighted by molar-refractivity contribution is 6.08. The molecule has 94 valence electrons. The highest BCUT2D eigenvalue weighted by Crippen LogP contribution is 2.39. The van der Waals surface area contributed by atoms with Crippen LogP contribution in [0, 0.1) is 0 Å². The summed E-state index contributed by atoms with van der Waals surface area (Å²) >= 11 is 0. The molecule has 5 heteroatoms. The molecule has 0 saturated carbocycles. The average molecular weight is 247 g/mol. The number of methoxy groups -OCH3 is 2. The molecule has 0 fully saturated rings. The van der Waals surface area contributed by atoms with Crippen LogP contribution < -0.4 is 15.2 Å². The summed E-state index contributed by atoms with van der Waals surface area (Å²) in [5, 5.41) is 10.4. The lowest BCUT2D eigenvalue weighted by Gasteiger charge is -2.13. The first-order chi connectivity index (χ1) is 8.60. The largest absolute Gasteiger partial charge is 0.493 e. The zero-order valence-electron chi connectivity index (χ0n) is 10.1. The van der Waals surface area contributed by atoms with E-state index in [1.807, 2.05) is 0 Å². The zero-order valence-corrected chi connectivity index (χ0v) is 10.1. The Bertz CT molecular complexity index is 622. The van der Waals surface area contributed by atoms with Crippen LogP contribution in [0.5, 0.6) is 11.5 Å². The molecule has 18 heavy (non-hydrogen) atoms. The van der Waals surface area contributed by atoms with Gasteiger partial charge in [0.25, 0.3) is 0 Å². The van der Waals surface area contributed by atoms with Crippen LogP contribution in [0.1, 0.15) is 10.4 Å². The molecule has 0 atom stereocenters. The first-order valence-electron chi connectivity index (χ1n) is 5.26. The summed E-state index contributed by atoms with van der Waals surface area (Å²) in [7, 11) is 3.01. The summed E-state index contributed by atoms with van der Waals surface area (Å²) in [5.41, 5.74) is 6.13. The van der Waals surface area contributed by atoms with E-state index in [1.165, 1.54) is 20.3 Å². The van der Waals surface area contributed by atoms with Crippen molar-refractivity contribution in [2.75, 3.05) is 20.0 Å². The number of rotatable bonds is 3. The quantitative estimate of drug-likeness (QED) is 0.812. The van der Waals surface area contributed by atoms with Crippen LogP contribution in [-0.4, -0.2) is 25.3 Å². The normalized spacial score (nSPS) is 10.3. The van der Waals surface area contributed by atoms with E-state index in [9.17, 15) is 4.79 Å². The lowest BCUT2D eigenvalue weighted by molar-refractivity contribution is 0.0698. The number of carboxylic acid groups (broad SMARTS) is 1. The Labute approximate surface area is 104 Å². The molecule has 0 aromatic heterocycles. The number of carbonyl (C=O) groups is 1. The van der Waals surface area contributed by atoms with Gasteiger partial charge in [0, 0.05) is 0 Å². The first-order valence-corrected chi connectivity index (χ1v) is 5.26. The second kappa shape index (κ2) is 4.44. The molecular weight excluding hydrogens is 234 g/mol. The van der Waals surface area contributed by atoms with Crippen LogP contribution in [0.15, 0.2) is 24.3 Å². The maximum atomic E-state index is 11.1. The van der Waals surface area contributed by atoms with E-state index in [-0.39, 0.29) is 11.3 Å². The van der Waals surface area contributed by atoms with E-state index in [4.69, 9.17) is 20.3 Å². The molecule has 0 bridgehead atoms. The van der Waals surface area contributed by atoms with Crippen molar-refractivity contribution in [3.8, 4) is 11.5 Å². The minimum Gasteiger partial charge on any atom is -0.493 e. The fourth-order valence-electron chi connectivity index (χ4n) is 1.94. The van der Waals surface area contributed by atoms with Gasteiger partial charge in [0.1, 0.15) is 0 Å². The SMILES string of the molecule is COc1ccc2ccc(C(=O)O)c(N)c2c1OC. The Morgan fingerprint density at radius 3 is 2.39 bits per heavy atom. The molecule has 2 aromatic rings. The van der Waals surface area contributed by atoms with Crippen LogP contribution in [0.3, 0.4) is 0 Å². The van der Waals surface area contributed by atoms with Crippen molar-refractivity contribution in [2.45, 2.75) is 0 Å². The fraction of sp³-hybridized carbons (Fsp3) is 0.154. The third-order valence-corrected chi connectivity index (χ3v) is 2.80. The van der Waals surface area contributed by atoms with Gasteiger partial charge in [-0.15, -0.1) is 0 Å². The molecule has 0 spiro atoms. The van der Waals surface area contributed by atoms with E-state index in [2.05, 4.69) is 0 Å². The molecule has 0 aliphatic carbocycles. The molecular formula is C13H13NO4. The molecule has 3 N–H and O–H groups in total. The number of aromatic carboxylic acids is 1. The van der Waals surface area contributed by atoms with Gasteiger partial charge in [-0.05, 0) is 17.5 Å². The van der Waals surface area contributed by atoms with Crippen molar-refractivity contribution >= 4 is 22.4 Å². The van der Waals surface area contributed by atoms with E-state index >= 15 is 0 Å². The number of hydrogen-bond acceptors (Lipinski definition) is 4. The third-order valence-electron chi connectivity index (χ3n) is 2.80. The molecule has 0 saturated heterocycles. The number of hydrogen-bond donors (Lipinski definition) is 2. The van der Waals surface area contributed by atoms with Gasteiger partial charge in [0.15, 0.2) is 11.5 Å². The predicted molar refractivity (Wildman–Crippen MR) is 68.4 cm³/mol. The summed E-state index contributed by atoms with van der Waals surface area (Å²) in [5.74, 6) is -0.117. The smallest absolute Gasteiger partial charge is 0.337 e. The Hall–Kier alpha value is -2.43. The maximum Gasteiger partial charge on any atom is 0.337 e. The average Bonchev–Trinajstić information content (AvgIpc) is 2.37. The van der Waals surface area contributed by atoms with Gasteiger partial charge in [-0.25, -0.2) is 4.79 Å². The third kappa shape index (κ3) is 1.69. The van der Waals surface area contributed by atoms with Crippen LogP contribution >= 0.6 is 0 Å². The molecule has 5 nitrogen and oxygen atoms in total. The van der Waals surface area contributed by atoms with Crippen LogP contribution in [0.2, 0.25) is 0 Å². The molecule has 0 amide bonds. The Kier molecular flexibility index (Phi) is 2.97. The molecule has 2 aromatic carbocycles. The number of anilines is 1. The number of fused-ring (bicyclic) bond motifs is 1. The van der Waals surface area contributed by atoms with Crippen molar-refractivity contribution < 1.29 is 19.4 Å². The standard InChI is InChI=1S/C13H13NO4/c1-17-9-6-4-7-3-5-8(13(15)16)11(14)10(7)12(9)18-2/h3-6H,14H2,1-2H3,(H,15,16). The van der Waals surface area contributed by atoms with Crippen molar-refractivity contribution in [1.82, 2.24) is 0 Å². The lowest BCUT2D eigenvalue weighted by atomic mass is 10.0. The number of ether oxygens (including phenoxy) is 2. The summed E-state index contributed by atoms with van der Waals surface area (Å²) in [4.78, 5) is 11.1. The second-order valence-electron chi connectivity index (χ2n) is 3.73. The van der Waals surface area contributed by atoms with Gasteiger partial charge in [-0.2, -0.15) is 0 Å². The van der Waals surface area contributed by atoms with Gasteiger partial charge < -0.3 is 20.3 Å². The number of benzene rings is 2. The maximum absolute atomic E-state index is 11.1. The molecule has 0 heterocycles. The van der Waals surface area contributed by atoms with Crippen molar-refractivity contribution in [1.29, 1.82) is 0 Å². The highest BCUT2D eigenvalue weighted by atomic mass is 16.5. The van der Waals surface area contributed by atoms with E-state index in [0.717, 1.165) is 5.39 Å². The summed E-state index contributed by atoms with van der Waals surface area (Å²) in [6.45, 7) is 0. The molecule has 0 aliphatic rings. The monoisotopic (exact) mass is 247 g/mol. The summed E-state index contributed by atoms with van der Waals surface area (Å²) < 4.78 is 10.4. The fourth-order valence-corrected chi connectivity index (χ4v) is 1.94. The molecule has 0 unspecified atom stereocenters.